The van der Waals surface area contributed by atoms with Gasteiger partial charge in [0.1, 0.15) is 18.2 Å². The molecule has 152 valence electrons. The van der Waals surface area contributed by atoms with Gasteiger partial charge in [0.25, 0.3) is 0 Å². The molecule has 0 bridgehead atoms. The fourth-order valence-corrected chi connectivity index (χ4v) is 4.11. The number of nitrogens with zero attached hydrogens (tertiary/aromatic N) is 3. The highest BCUT2D eigenvalue weighted by Crippen LogP contribution is 2.30. The van der Waals surface area contributed by atoms with Gasteiger partial charge < -0.3 is 14.2 Å². The Hall–Kier alpha value is -2.82. The zero-order valence-corrected chi connectivity index (χ0v) is 17.3. The van der Waals surface area contributed by atoms with E-state index in [4.69, 9.17) is 9.72 Å². The van der Waals surface area contributed by atoms with Crippen LogP contribution in [0.1, 0.15) is 43.5 Å². The van der Waals surface area contributed by atoms with Crippen molar-refractivity contribution in [1.29, 1.82) is 0 Å². The molecule has 1 atom stereocenters. The van der Waals surface area contributed by atoms with Crippen LogP contribution < -0.4 is 4.74 Å². The Kier molecular flexibility index (Phi) is 5.84. The van der Waals surface area contributed by atoms with Gasteiger partial charge in [0.2, 0.25) is 5.91 Å². The largest absolute Gasteiger partial charge is 0.492 e. The van der Waals surface area contributed by atoms with Gasteiger partial charge in [-0.15, -0.1) is 0 Å². The highest BCUT2D eigenvalue weighted by atomic mass is 16.5. The number of hydrogen-bond acceptors (Lipinski definition) is 3. The Bertz CT molecular complexity index is 995. The van der Waals surface area contributed by atoms with Crippen LogP contribution in [0.5, 0.6) is 5.75 Å². The summed E-state index contributed by atoms with van der Waals surface area (Å²) in [5.41, 5.74) is 3.28. The van der Waals surface area contributed by atoms with E-state index in [1.807, 2.05) is 41.3 Å². The molecular weight excluding hydrogens is 362 g/mol. The van der Waals surface area contributed by atoms with Crippen LogP contribution in [-0.2, 0) is 11.3 Å². The number of para-hydroxylation sites is 2. The van der Waals surface area contributed by atoms with Crippen LogP contribution in [0, 0.1) is 6.92 Å². The number of carbonyl (C=O) groups excluding carboxylic acids is 1. The van der Waals surface area contributed by atoms with Gasteiger partial charge in [0.15, 0.2) is 0 Å². The van der Waals surface area contributed by atoms with Crippen molar-refractivity contribution in [3.8, 4) is 5.75 Å². The lowest BCUT2D eigenvalue weighted by Crippen LogP contribution is -2.26. The van der Waals surface area contributed by atoms with Crippen molar-refractivity contribution in [2.24, 2.45) is 0 Å². The van der Waals surface area contributed by atoms with Gasteiger partial charge in [-0.1, -0.05) is 37.6 Å². The fourth-order valence-electron chi connectivity index (χ4n) is 4.11. The number of carbonyl (C=O) groups is 1. The molecule has 0 N–H and O–H groups in total. The summed E-state index contributed by atoms with van der Waals surface area (Å²) in [5, 5.41) is 0. The van der Waals surface area contributed by atoms with Crippen LogP contribution in [0.2, 0.25) is 0 Å². The number of aromatic nitrogens is 2. The second-order valence-electron chi connectivity index (χ2n) is 7.87. The molecule has 1 unspecified atom stereocenters. The van der Waals surface area contributed by atoms with Crippen molar-refractivity contribution in [2.75, 3.05) is 19.7 Å². The highest BCUT2D eigenvalue weighted by Gasteiger charge is 2.33. The first-order chi connectivity index (χ1) is 14.2. The normalized spacial score (nSPS) is 16.7. The van der Waals surface area contributed by atoms with E-state index >= 15 is 0 Å². The average molecular weight is 392 g/mol. The first kappa shape index (κ1) is 19.5. The van der Waals surface area contributed by atoms with E-state index in [0.717, 1.165) is 48.5 Å². The number of amides is 1. The second-order valence-corrected chi connectivity index (χ2v) is 7.87. The van der Waals surface area contributed by atoms with Crippen molar-refractivity contribution in [1.82, 2.24) is 14.5 Å². The molecule has 1 aliphatic rings. The molecule has 5 nitrogen and oxygen atoms in total. The van der Waals surface area contributed by atoms with Crippen molar-refractivity contribution >= 4 is 16.9 Å². The van der Waals surface area contributed by atoms with Gasteiger partial charge >= 0.3 is 0 Å². The topological polar surface area (TPSA) is 47.4 Å². The smallest absolute Gasteiger partial charge is 0.223 e. The maximum atomic E-state index is 12.5. The number of aryl methyl sites for hydroxylation is 1. The summed E-state index contributed by atoms with van der Waals surface area (Å²) in [7, 11) is 0. The van der Waals surface area contributed by atoms with Crippen LogP contribution in [0.4, 0.5) is 0 Å². The van der Waals surface area contributed by atoms with Crippen LogP contribution in [0.15, 0.2) is 48.5 Å². The van der Waals surface area contributed by atoms with E-state index in [2.05, 4.69) is 30.5 Å². The second kappa shape index (κ2) is 8.68. The molecule has 0 saturated carbocycles. The molecule has 1 fully saturated rings. The molecular formula is C24H29N3O2. The summed E-state index contributed by atoms with van der Waals surface area (Å²) in [6, 6.07) is 16.3. The lowest BCUT2D eigenvalue weighted by Gasteiger charge is -2.17. The fraction of sp³-hybridized carbons (Fsp3) is 0.417. The maximum Gasteiger partial charge on any atom is 0.223 e. The zero-order chi connectivity index (χ0) is 20.2. The van der Waals surface area contributed by atoms with Crippen LogP contribution in [-0.4, -0.2) is 40.1 Å². The number of fused-ring (bicyclic) bond motifs is 1. The van der Waals surface area contributed by atoms with E-state index in [9.17, 15) is 4.79 Å². The molecule has 2 aromatic carbocycles. The number of rotatable bonds is 8. The monoisotopic (exact) mass is 391 g/mol. The lowest BCUT2D eigenvalue weighted by molar-refractivity contribution is -0.127. The van der Waals surface area contributed by atoms with Gasteiger partial charge in [-0.05, 0) is 43.2 Å². The summed E-state index contributed by atoms with van der Waals surface area (Å²) in [6.07, 6.45) is 2.70. The number of ether oxygens (including phenoxy) is 1. The Morgan fingerprint density at radius 1 is 1.14 bits per heavy atom. The molecule has 0 spiro atoms. The molecule has 2 heterocycles. The number of benzene rings is 2. The third kappa shape index (κ3) is 4.29. The summed E-state index contributed by atoms with van der Waals surface area (Å²) in [5.74, 6) is 2.29. The predicted octanol–water partition coefficient (Wildman–Crippen LogP) is 4.54. The zero-order valence-electron chi connectivity index (χ0n) is 17.3. The standard InChI is InChI=1S/C24H29N3O2/c1-3-4-12-26-17-19(16-23(26)28)24-25-21-10-5-6-11-22(21)27(24)13-14-29-20-9-7-8-18(2)15-20/h5-11,15,19H,3-4,12-14,16-17H2,1-2H3. The molecule has 0 radical (unpaired) electrons. The minimum Gasteiger partial charge on any atom is -0.492 e. The van der Waals surface area contributed by atoms with Crippen molar-refractivity contribution in [3.63, 3.8) is 0 Å². The van der Waals surface area contributed by atoms with E-state index in [1.165, 1.54) is 5.56 Å². The number of likely N-dealkylation sites (tertiary alicyclic amines) is 1. The molecule has 0 aliphatic carbocycles. The Balaban J connectivity index is 1.54. The Morgan fingerprint density at radius 2 is 2.00 bits per heavy atom. The molecule has 4 rings (SSSR count). The third-order valence-corrected chi connectivity index (χ3v) is 5.62. The van der Waals surface area contributed by atoms with Crippen LogP contribution >= 0.6 is 0 Å². The summed E-state index contributed by atoms with van der Waals surface area (Å²) < 4.78 is 8.24. The van der Waals surface area contributed by atoms with E-state index in [-0.39, 0.29) is 11.8 Å². The summed E-state index contributed by atoms with van der Waals surface area (Å²) >= 11 is 0. The molecule has 29 heavy (non-hydrogen) atoms. The Labute approximate surface area is 172 Å². The molecule has 3 aromatic rings. The van der Waals surface area contributed by atoms with Gasteiger partial charge in [0, 0.05) is 25.4 Å². The number of unbranched alkanes of at least 4 members (excludes halogenated alkanes) is 1. The SMILES string of the molecule is CCCCN1CC(c2nc3ccccc3n2CCOc2cccc(C)c2)CC1=O. The van der Waals surface area contributed by atoms with Crippen molar-refractivity contribution in [3.05, 3.63) is 59.9 Å². The summed E-state index contributed by atoms with van der Waals surface area (Å²) in [6.45, 7) is 7.12. The Morgan fingerprint density at radius 3 is 2.83 bits per heavy atom. The first-order valence-electron chi connectivity index (χ1n) is 10.6. The maximum absolute atomic E-state index is 12.5. The van der Waals surface area contributed by atoms with Crippen LogP contribution in [0.25, 0.3) is 11.0 Å². The van der Waals surface area contributed by atoms with E-state index in [1.54, 1.807) is 0 Å². The molecule has 1 aromatic heterocycles. The number of hydrogen-bond donors (Lipinski definition) is 0. The van der Waals surface area contributed by atoms with Gasteiger partial charge in [-0.25, -0.2) is 4.98 Å². The van der Waals surface area contributed by atoms with E-state index in [0.29, 0.717) is 19.6 Å². The van der Waals surface area contributed by atoms with Gasteiger partial charge in [-0.2, -0.15) is 0 Å². The van der Waals surface area contributed by atoms with Gasteiger partial charge in [0.05, 0.1) is 17.6 Å². The quantitative estimate of drug-likeness (QED) is 0.566. The molecule has 5 heteroatoms. The van der Waals surface area contributed by atoms with E-state index < -0.39 is 0 Å². The minimum absolute atomic E-state index is 0.144. The first-order valence-corrected chi connectivity index (χ1v) is 10.6. The van der Waals surface area contributed by atoms with Crippen LogP contribution in [0.3, 0.4) is 0 Å². The van der Waals surface area contributed by atoms with Crippen molar-refractivity contribution in [2.45, 2.75) is 45.6 Å². The average Bonchev–Trinajstić information content (AvgIpc) is 3.27. The highest BCUT2D eigenvalue weighted by molar-refractivity contribution is 5.80. The third-order valence-electron chi connectivity index (χ3n) is 5.62. The molecule has 1 saturated heterocycles. The molecule has 1 aliphatic heterocycles. The molecule has 1 amide bonds. The lowest BCUT2D eigenvalue weighted by atomic mass is 10.1. The predicted molar refractivity (Wildman–Crippen MR) is 115 cm³/mol. The number of imidazole rings is 1. The van der Waals surface area contributed by atoms with Crippen molar-refractivity contribution < 1.29 is 9.53 Å². The minimum atomic E-state index is 0.144. The summed E-state index contributed by atoms with van der Waals surface area (Å²) in [4.78, 5) is 19.4. The van der Waals surface area contributed by atoms with Gasteiger partial charge in [-0.3, -0.25) is 4.79 Å².